The lowest BCUT2D eigenvalue weighted by Gasteiger charge is -2.25. The third-order valence-electron chi connectivity index (χ3n) is 3.19. The Balaban J connectivity index is 1.86. The molecule has 0 aromatic heterocycles. The van der Waals surface area contributed by atoms with Gasteiger partial charge in [0.2, 0.25) is 0 Å². The van der Waals surface area contributed by atoms with Crippen molar-refractivity contribution in [3.8, 4) is 6.07 Å². The van der Waals surface area contributed by atoms with Crippen LogP contribution in [0, 0.1) is 17.2 Å². The van der Waals surface area contributed by atoms with Gasteiger partial charge in [0.05, 0.1) is 11.6 Å². The summed E-state index contributed by atoms with van der Waals surface area (Å²) in [5.41, 5.74) is 1.77. The van der Waals surface area contributed by atoms with Crippen molar-refractivity contribution in [3.63, 3.8) is 0 Å². The molecule has 84 valence electrons. The highest BCUT2D eigenvalue weighted by Crippen LogP contribution is 2.30. The zero-order valence-corrected chi connectivity index (χ0v) is 10.8. The zero-order chi connectivity index (χ0) is 11.4. The standard InChI is InChI=1S/C13H15BrN2/c14-12-8-11(9-15)4-5-13(12)16-7-6-10-2-1-3-10/h4-5,8,10,16H,1-3,6-7H2. The molecule has 3 heteroatoms. The predicted molar refractivity (Wildman–Crippen MR) is 69.3 cm³/mol. The molecule has 0 amide bonds. The van der Waals surface area contributed by atoms with E-state index in [9.17, 15) is 0 Å². The monoisotopic (exact) mass is 278 g/mol. The van der Waals surface area contributed by atoms with E-state index in [4.69, 9.17) is 5.26 Å². The van der Waals surface area contributed by atoms with Gasteiger partial charge < -0.3 is 5.32 Å². The maximum absolute atomic E-state index is 8.75. The summed E-state index contributed by atoms with van der Waals surface area (Å²) in [5, 5.41) is 12.2. The molecule has 1 aromatic rings. The molecule has 1 saturated carbocycles. The minimum Gasteiger partial charge on any atom is -0.384 e. The van der Waals surface area contributed by atoms with E-state index in [2.05, 4.69) is 27.3 Å². The van der Waals surface area contributed by atoms with Crippen LogP contribution >= 0.6 is 15.9 Å². The molecule has 1 N–H and O–H groups in total. The highest BCUT2D eigenvalue weighted by molar-refractivity contribution is 9.10. The van der Waals surface area contributed by atoms with Crippen molar-refractivity contribution in [2.24, 2.45) is 5.92 Å². The molecule has 1 fully saturated rings. The van der Waals surface area contributed by atoms with Gasteiger partial charge in [0.1, 0.15) is 0 Å². The van der Waals surface area contributed by atoms with Crippen molar-refractivity contribution < 1.29 is 0 Å². The number of nitriles is 1. The van der Waals surface area contributed by atoms with Crippen LogP contribution in [0.5, 0.6) is 0 Å². The lowest BCUT2D eigenvalue weighted by atomic mass is 9.83. The van der Waals surface area contributed by atoms with Gasteiger partial charge >= 0.3 is 0 Å². The van der Waals surface area contributed by atoms with Crippen LogP contribution in [-0.4, -0.2) is 6.54 Å². The van der Waals surface area contributed by atoms with Crippen molar-refractivity contribution >= 4 is 21.6 Å². The lowest BCUT2D eigenvalue weighted by Crippen LogP contribution is -2.15. The Kier molecular flexibility index (Phi) is 3.84. The third kappa shape index (κ3) is 2.76. The van der Waals surface area contributed by atoms with Crippen LogP contribution in [0.4, 0.5) is 5.69 Å². The Morgan fingerprint density at radius 3 is 2.81 bits per heavy atom. The van der Waals surface area contributed by atoms with Crippen LogP contribution < -0.4 is 5.32 Å². The SMILES string of the molecule is N#Cc1ccc(NCCC2CCC2)c(Br)c1. The average Bonchev–Trinajstić information content (AvgIpc) is 2.23. The summed E-state index contributed by atoms with van der Waals surface area (Å²) in [6, 6.07) is 7.79. The first-order valence-electron chi connectivity index (χ1n) is 5.73. The Hall–Kier alpha value is -1.01. The molecule has 1 aliphatic carbocycles. The van der Waals surface area contributed by atoms with Gasteiger partial charge in [-0.3, -0.25) is 0 Å². The van der Waals surface area contributed by atoms with Gasteiger partial charge in [-0.25, -0.2) is 0 Å². The van der Waals surface area contributed by atoms with Crippen LogP contribution in [0.2, 0.25) is 0 Å². The molecule has 0 spiro atoms. The first kappa shape index (κ1) is 11.5. The first-order chi connectivity index (χ1) is 7.79. The van der Waals surface area contributed by atoms with E-state index in [1.54, 1.807) is 0 Å². The van der Waals surface area contributed by atoms with Gasteiger partial charge in [0, 0.05) is 16.7 Å². The summed E-state index contributed by atoms with van der Waals surface area (Å²) < 4.78 is 0.972. The highest BCUT2D eigenvalue weighted by atomic mass is 79.9. The number of nitrogens with one attached hydrogen (secondary N) is 1. The molecule has 16 heavy (non-hydrogen) atoms. The van der Waals surface area contributed by atoms with E-state index >= 15 is 0 Å². The third-order valence-corrected chi connectivity index (χ3v) is 3.85. The normalized spacial score (nSPS) is 15.2. The highest BCUT2D eigenvalue weighted by Gasteiger charge is 2.16. The van der Waals surface area contributed by atoms with E-state index in [1.165, 1.54) is 25.7 Å². The van der Waals surface area contributed by atoms with Crippen molar-refractivity contribution in [3.05, 3.63) is 28.2 Å². The minimum atomic E-state index is 0.691. The number of rotatable bonds is 4. The summed E-state index contributed by atoms with van der Waals surface area (Å²) in [7, 11) is 0. The Bertz CT molecular complexity index is 405. The van der Waals surface area contributed by atoms with Crippen molar-refractivity contribution in [1.29, 1.82) is 5.26 Å². The van der Waals surface area contributed by atoms with Crippen molar-refractivity contribution in [2.75, 3.05) is 11.9 Å². The molecule has 2 rings (SSSR count). The van der Waals surface area contributed by atoms with Crippen LogP contribution in [0.25, 0.3) is 0 Å². The van der Waals surface area contributed by atoms with Crippen LogP contribution in [-0.2, 0) is 0 Å². The molecule has 0 atom stereocenters. The first-order valence-corrected chi connectivity index (χ1v) is 6.52. The second kappa shape index (κ2) is 5.36. The number of hydrogen-bond acceptors (Lipinski definition) is 2. The summed E-state index contributed by atoms with van der Waals surface area (Å²) >= 11 is 3.47. The van der Waals surface area contributed by atoms with E-state index in [1.807, 2.05) is 18.2 Å². The summed E-state index contributed by atoms with van der Waals surface area (Å²) in [6.45, 7) is 1.02. The molecular formula is C13H15BrN2. The molecule has 0 bridgehead atoms. The molecular weight excluding hydrogens is 264 g/mol. The molecule has 0 heterocycles. The lowest BCUT2D eigenvalue weighted by molar-refractivity contribution is 0.303. The molecule has 1 aromatic carbocycles. The molecule has 2 nitrogen and oxygen atoms in total. The molecule has 0 radical (unpaired) electrons. The maximum atomic E-state index is 8.75. The van der Waals surface area contributed by atoms with Gasteiger partial charge in [-0.05, 0) is 46.5 Å². The molecule has 1 aliphatic rings. The second-order valence-electron chi connectivity index (χ2n) is 4.32. The van der Waals surface area contributed by atoms with E-state index in [-0.39, 0.29) is 0 Å². The molecule has 0 unspecified atom stereocenters. The van der Waals surface area contributed by atoms with Gasteiger partial charge in [-0.1, -0.05) is 19.3 Å². The maximum Gasteiger partial charge on any atom is 0.0992 e. The average molecular weight is 279 g/mol. The topological polar surface area (TPSA) is 35.8 Å². The number of benzene rings is 1. The Morgan fingerprint density at radius 1 is 1.44 bits per heavy atom. The predicted octanol–water partition coefficient (Wildman–Crippen LogP) is 3.92. The Labute approximate surface area is 105 Å². The smallest absolute Gasteiger partial charge is 0.0992 e. The van der Waals surface area contributed by atoms with Gasteiger partial charge in [0.15, 0.2) is 0 Å². The van der Waals surface area contributed by atoms with Crippen LogP contribution in [0.15, 0.2) is 22.7 Å². The number of nitrogens with zero attached hydrogens (tertiary/aromatic N) is 1. The van der Waals surface area contributed by atoms with Crippen molar-refractivity contribution in [1.82, 2.24) is 0 Å². The second-order valence-corrected chi connectivity index (χ2v) is 5.17. The fraction of sp³-hybridized carbons (Fsp3) is 0.462. The largest absolute Gasteiger partial charge is 0.384 e. The summed E-state index contributed by atoms with van der Waals surface area (Å²) in [4.78, 5) is 0. The molecule has 0 saturated heterocycles. The van der Waals surface area contributed by atoms with Gasteiger partial charge in [-0.15, -0.1) is 0 Å². The van der Waals surface area contributed by atoms with Crippen LogP contribution in [0.3, 0.4) is 0 Å². The Morgan fingerprint density at radius 2 is 2.25 bits per heavy atom. The van der Waals surface area contributed by atoms with E-state index in [0.717, 1.165) is 22.6 Å². The summed E-state index contributed by atoms with van der Waals surface area (Å²) in [5.74, 6) is 0.935. The van der Waals surface area contributed by atoms with E-state index < -0.39 is 0 Å². The molecule has 0 aliphatic heterocycles. The van der Waals surface area contributed by atoms with Crippen LogP contribution in [0.1, 0.15) is 31.2 Å². The number of anilines is 1. The fourth-order valence-corrected chi connectivity index (χ4v) is 2.44. The minimum absolute atomic E-state index is 0.691. The zero-order valence-electron chi connectivity index (χ0n) is 9.17. The van der Waals surface area contributed by atoms with E-state index in [0.29, 0.717) is 5.56 Å². The summed E-state index contributed by atoms with van der Waals surface area (Å²) in [6.07, 6.45) is 5.46. The number of hydrogen-bond donors (Lipinski definition) is 1. The fourth-order valence-electron chi connectivity index (χ4n) is 1.92. The van der Waals surface area contributed by atoms with Crippen molar-refractivity contribution in [2.45, 2.75) is 25.7 Å². The number of halogens is 1. The van der Waals surface area contributed by atoms with Gasteiger partial charge in [0.25, 0.3) is 0 Å². The van der Waals surface area contributed by atoms with Gasteiger partial charge in [-0.2, -0.15) is 5.26 Å². The quantitative estimate of drug-likeness (QED) is 0.906.